The van der Waals surface area contributed by atoms with E-state index in [0.717, 1.165) is 5.56 Å². The van der Waals surface area contributed by atoms with Crippen LogP contribution in [0.5, 0.6) is 0 Å². The summed E-state index contributed by atoms with van der Waals surface area (Å²) in [4.78, 5) is 32.9. The van der Waals surface area contributed by atoms with Gasteiger partial charge in [-0.15, -0.1) is 0 Å². The molecule has 0 aliphatic heterocycles. The van der Waals surface area contributed by atoms with Crippen LogP contribution in [0.15, 0.2) is 67.0 Å². The van der Waals surface area contributed by atoms with Crippen molar-refractivity contribution in [3.63, 3.8) is 0 Å². The zero-order chi connectivity index (χ0) is 31.6. The van der Waals surface area contributed by atoms with E-state index in [2.05, 4.69) is 37.0 Å². The Morgan fingerprint density at radius 1 is 1.02 bits per heavy atom. The van der Waals surface area contributed by atoms with Crippen molar-refractivity contribution in [2.45, 2.75) is 39.8 Å². The van der Waals surface area contributed by atoms with E-state index in [1.165, 1.54) is 21.7 Å². The number of benzene rings is 2. The van der Waals surface area contributed by atoms with Crippen LogP contribution in [-0.4, -0.2) is 47.1 Å². The van der Waals surface area contributed by atoms with Gasteiger partial charge >= 0.3 is 0 Å². The fraction of sp³-hybridized carbons (Fsp3) is 0.194. The number of aryl methyl sites for hydroxylation is 1. The monoisotopic (exact) mass is 627 g/mol. The lowest BCUT2D eigenvalue weighted by Gasteiger charge is -2.22. The molecule has 0 spiro atoms. The lowest BCUT2D eigenvalue weighted by Crippen LogP contribution is -2.41. The van der Waals surface area contributed by atoms with Crippen molar-refractivity contribution >= 4 is 40.7 Å². The lowest BCUT2D eigenvalue weighted by atomic mass is 10.0. The van der Waals surface area contributed by atoms with Gasteiger partial charge in [-0.05, 0) is 75.7 Å². The van der Waals surface area contributed by atoms with Gasteiger partial charge in [-0.3, -0.25) is 9.59 Å². The number of anilines is 1. The van der Waals surface area contributed by atoms with Crippen molar-refractivity contribution in [3.05, 3.63) is 105 Å². The van der Waals surface area contributed by atoms with E-state index in [1.54, 1.807) is 49.5 Å². The maximum atomic E-state index is 13.9. The van der Waals surface area contributed by atoms with E-state index in [0.29, 0.717) is 22.0 Å². The van der Waals surface area contributed by atoms with Gasteiger partial charge in [0, 0.05) is 22.3 Å². The fourth-order valence-corrected chi connectivity index (χ4v) is 4.74. The van der Waals surface area contributed by atoms with Crippen LogP contribution in [0, 0.1) is 18.3 Å². The normalized spacial score (nSPS) is 11.2. The molecule has 11 nitrogen and oxygen atoms in total. The summed E-state index contributed by atoms with van der Waals surface area (Å²) in [7, 11) is 0. The summed E-state index contributed by atoms with van der Waals surface area (Å²) < 4.78 is 1.34. The maximum absolute atomic E-state index is 13.9. The Morgan fingerprint density at radius 3 is 2.45 bits per heavy atom. The predicted octanol–water partition coefficient (Wildman–Crippen LogP) is 5.84. The molecule has 3 heterocycles. The zero-order valence-electron chi connectivity index (χ0n) is 24.3. The molecule has 0 aliphatic rings. The number of amides is 2. The Kier molecular flexibility index (Phi) is 8.49. The molecule has 0 aliphatic carbocycles. The number of halogens is 2. The number of nitrogens with zero attached hydrogens (tertiary/aromatic N) is 7. The lowest BCUT2D eigenvalue weighted by molar-refractivity contribution is 0.0920. The minimum atomic E-state index is -0.571. The summed E-state index contributed by atoms with van der Waals surface area (Å²) in [5, 5.41) is 29.7. The van der Waals surface area contributed by atoms with Crippen molar-refractivity contribution in [1.29, 1.82) is 5.26 Å². The van der Waals surface area contributed by atoms with Crippen LogP contribution in [0.1, 0.15) is 58.4 Å². The highest BCUT2D eigenvalue weighted by atomic mass is 35.5. The molecule has 0 atom stereocenters. The molecule has 44 heavy (non-hydrogen) atoms. The van der Waals surface area contributed by atoms with Crippen LogP contribution in [0.2, 0.25) is 10.0 Å². The largest absolute Gasteiger partial charge is 0.347 e. The van der Waals surface area contributed by atoms with E-state index in [1.807, 2.05) is 32.9 Å². The molecule has 222 valence electrons. The third-order valence-corrected chi connectivity index (χ3v) is 6.90. The van der Waals surface area contributed by atoms with Gasteiger partial charge < -0.3 is 10.6 Å². The Labute approximate surface area is 263 Å². The fourth-order valence-electron chi connectivity index (χ4n) is 4.42. The van der Waals surface area contributed by atoms with Crippen molar-refractivity contribution in [2.24, 2.45) is 0 Å². The van der Waals surface area contributed by atoms with E-state index in [-0.39, 0.29) is 39.9 Å². The second-order valence-electron chi connectivity index (χ2n) is 11.0. The van der Waals surface area contributed by atoms with Crippen LogP contribution < -0.4 is 10.6 Å². The Morgan fingerprint density at radius 2 is 1.77 bits per heavy atom. The number of pyridine rings is 1. The molecule has 0 saturated carbocycles. The third-order valence-electron chi connectivity index (χ3n) is 6.35. The molecule has 2 amide bonds. The van der Waals surface area contributed by atoms with Crippen molar-refractivity contribution in [2.75, 3.05) is 5.32 Å². The predicted molar refractivity (Wildman–Crippen MR) is 167 cm³/mol. The number of rotatable bonds is 7. The van der Waals surface area contributed by atoms with Crippen molar-refractivity contribution in [3.8, 4) is 23.1 Å². The van der Waals surface area contributed by atoms with E-state index in [9.17, 15) is 14.9 Å². The smallest absolute Gasteiger partial charge is 0.274 e. The van der Waals surface area contributed by atoms with Crippen LogP contribution in [-0.2, 0) is 6.54 Å². The second-order valence-corrected chi connectivity index (χ2v) is 11.8. The van der Waals surface area contributed by atoms with Crippen LogP contribution >= 0.6 is 23.2 Å². The number of nitrogens with one attached hydrogen (secondary N) is 2. The van der Waals surface area contributed by atoms with Crippen LogP contribution in [0.3, 0.4) is 0 Å². The number of carbonyl (C=O) groups excluding carboxylic acids is 2. The molecule has 0 saturated heterocycles. The molecule has 3 aromatic heterocycles. The topological polar surface area (TPSA) is 143 Å². The molecule has 0 radical (unpaired) electrons. The summed E-state index contributed by atoms with van der Waals surface area (Å²) in [6, 6.07) is 17.2. The minimum Gasteiger partial charge on any atom is -0.347 e. The Hall–Kier alpha value is -5.05. The highest BCUT2D eigenvalue weighted by molar-refractivity contribution is 6.32. The summed E-state index contributed by atoms with van der Waals surface area (Å²) in [5.41, 5.74) is 2.74. The van der Waals surface area contributed by atoms with Crippen molar-refractivity contribution in [1.82, 2.24) is 35.1 Å². The zero-order valence-corrected chi connectivity index (χ0v) is 25.8. The number of carbonyl (C=O) groups is 2. The molecule has 0 fully saturated rings. The Balaban J connectivity index is 1.51. The first-order valence-electron chi connectivity index (χ1n) is 13.5. The quantitative estimate of drug-likeness (QED) is 0.230. The summed E-state index contributed by atoms with van der Waals surface area (Å²) in [6.45, 7) is 7.37. The first-order valence-corrected chi connectivity index (χ1v) is 14.2. The first-order chi connectivity index (χ1) is 20.9. The average molecular weight is 629 g/mol. The second kappa shape index (κ2) is 12.3. The number of aromatic nitrogens is 6. The maximum Gasteiger partial charge on any atom is 0.274 e. The molecule has 2 N–H and O–H groups in total. The molecule has 0 unspecified atom stereocenters. The van der Waals surface area contributed by atoms with Crippen LogP contribution in [0.25, 0.3) is 17.1 Å². The SMILES string of the molecule is Cc1cc(C#N)cc(C(=O)NC(C)(C)C)c1NC(=O)c1cc(Cn2ncc(-c3ccc(Cl)cc3)n2)nn1-c1ncccc1Cl. The standard InChI is InChI=1S/C31H27Cl2N9O2/c1-18-12-19(15-34)13-23(29(43)38-31(2,3)4)27(18)37-30(44)26-14-22(39-42(26)28-24(33)6-5-11-35-28)17-41-36-16-25(40-41)20-7-9-21(32)10-8-20/h5-14,16H,17H2,1-4H3,(H,37,44)(H,38,43). The van der Waals surface area contributed by atoms with Gasteiger partial charge in [0.1, 0.15) is 17.9 Å². The molecule has 2 aromatic carbocycles. The molecule has 0 bridgehead atoms. The van der Waals surface area contributed by atoms with E-state index >= 15 is 0 Å². The minimum absolute atomic E-state index is 0.108. The van der Waals surface area contributed by atoms with Crippen LogP contribution in [0.4, 0.5) is 5.69 Å². The number of hydrogen-bond donors (Lipinski definition) is 2. The average Bonchev–Trinajstić information content (AvgIpc) is 3.61. The van der Waals surface area contributed by atoms with Gasteiger partial charge in [0.2, 0.25) is 0 Å². The molecule has 5 rings (SSSR count). The van der Waals surface area contributed by atoms with E-state index in [4.69, 9.17) is 23.2 Å². The van der Waals surface area contributed by atoms with Gasteiger partial charge in [-0.1, -0.05) is 35.3 Å². The molecule has 5 aromatic rings. The highest BCUT2D eigenvalue weighted by Crippen LogP contribution is 2.26. The number of nitriles is 1. The summed E-state index contributed by atoms with van der Waals surface area (Å²) >= 11 is 12.5. The van der Waals surface area contributed by atoms with Gasteiger partial charge in [0.25, 0.3) is 11.8 Å². The third kappa shape index (κ3) is 6.78. The molecule has 13 heteroatoms. The highest BCUT2D eigenvalue weighted by Gasteiger charge is 2.25. The van der Waals surface area contributed by atoms with Gasteiger partial charge in [0.15, 0.2) is 5.82 Å². The number of hydrogen-bond acceptors (Lipinski definition) is 7. The van der Waals surface area contributed by atoms with Gasteiger partial charge in [-0.2, -0.15) is 25.4 Å². The summed E-state index contributed by atoms with van der Waals surface area (Å²) in [6.07, 6.45) is 3.17. The molecular formula is C31H27Cl2N9O2. The molecular weight excluding hydrogens is 601 g/mol. The Bertz CT molecular complexity index is 1920. The van der Waals surface area contributed by atoms with Gasteiger partial charge in [-0.25, -0.2) is 9.67 Å². The summed E-state index contributed by atoms with van der Waals surface area (Å²) in [5.74, 6) is -0.766. The van der Waals surface area contributed by atoms with Gasteiger partial charge in [0.05, 0.1) is 39.8 Å². The first kappa shape index (κ1) is 30.4. The van der Waals surface area contributed by atoms with E-state index < -0.39 is 17.4 Å². The van der Waals surface area contributed by atoms with Crippen molar-refractivity contribution < 1.29 is 9.59 Å².